The summed E-state index contributed by atoms with van der Waals surface area (Å²) in [6.45, 7) is 5.81. The van der Waals surface area contributed by atoms with Crippen LogP contribution in [0.15, 0.2) is 0 Å². The molecule has 4 atom stereocenters. The second-order valence-corrected chi connectivity index (χ2v) is 4.95. The fraction of sp³-hybridized carbons (Fsp3) is 1.00. The van der Waals surface area contributed by atoms with E-state index in [1.807, 2.05) is 0 Å². The van der Waals surface area contributed by atoms with Gasteiger partial charge in [0, 0.05) is 18.6 Å². The highest BCUT2D eigenvalue weighted by Crippen LogP contribution is 2.32. The van der Waals surface area contributed by atoms with E-state index in [0.717, 1.165) is 12.3 Å². The highest BCUT2D eigenvalue weighted by atomic mass is 16.3. The van der Waals surface area contributed by atoms with Crippen LogP contribution in [-0.4, -0.2) is 34.7 Å². The molecule has 0 radical (unpaired) electrons. The molecule has 2 unspecified atom stereocenters. The molecule has 0 aromatic rings. The summed E-state index contributed by atoms with van der Waals surface area (Å²) in [5.74, 6) is 0.822. The zero-order chi connectivity index (χ0) is 9.42. The van der Waals surface area contributed by atoms with Crippen LogP contribution < -0.4 is 0 Å². The largest absolute Gasteiger partial charge is 0.391 e. The highest BCUT2D eigenvalue weighted by Gasteiger charge is 2.37. The molecule has 1 saturated heterocycles. The van der Waals surface area contributed by atoms with Crippen LogP contribution in [0.2, 0.25) is 0 Å². The predicted octanol–water partition coefficient (Wildman–Crippen LogP) is 1.63. The van der Waals surface area contributed by atoms with E-state index in [9.17, 15) is 5.11 Å². The third kappa shape index (κ3) is 1.75. The first kappa shape index (κ1) is 9.47. The van der Waals surface area contributed by atoms with Crippen LogP contribution in [0.5, 0.6) is 0 Å². The monoisotopic (exact) mass is 183 g/mol. The first-order valence-electron chi connectivity index (χ1n) is 5.62. The van der Waals surface area contributed by atoms with Crippen molar-refractivity contribution in [2.24, 2.45) is 5.92 Å². The van der Waals surface area contributed by atoms with E-state index in [1.165, 1.54) is 25.8 Å². The minimum absolute atomic E-state index is 0.0484. The SMILES string of the molecule is CC1CC(C)N([C@H]2CCC[C@@H]2O)C1. The van der Waals surface area contributed by atoms with Gasteiger partial charge in [0.2, 0.25) is 0 Å². The maximum Gasteiger partial charge on any atom is 0.0695 e. The molecule has 76 valence electrons. The maximum atomic E-state index is 9.81. The van der Waals surface area contributed by atoms with Gasteiger partial charge in [-0.05, 0) is 38.5 Å². The molecule has 0 aromatic carbocycles. The number of nitrogens with zero attached hydrogens (tertiary/aromatic N) is 1. The van der Waals surface area contributed by atoms with Crippen LogP contribution in [0.1, 0.15) is 39.5 Å². The molecule has 0 bridgehead atoms. The van der Waals surface area contributed by atoms with Crippen LogP contribution in [0.4, 0.5) is 0 Å². The molecule has 0 aromatic heterocycles. The molecular formula is C11H21NO. The summed E-state index contributed by atoms with van der Waals surface area (Å²) in [5, 5.41) is 9.81. The zero-order valence-corrected chi connectivity index (χ0v) is 8.74. The Balaban J connectivity index is 1.99. The van der Waals surface area contributed by atoms with Gasteiger partial charge in [0.25, 0.3) is 0 Å². The molecule has 2 aliphatic rings. The molecule has 13 heavy (non-hydrogen) atoms. The smallest absolute Gasteiger partial charge is 0.0695 e. The Labute approximate surface area is 80.9 Å². The Hall–Kier alpha value is -0.0800. The molecule has 2 rings (SSSR count). The lowest BCUT2D eigenvalue weighted by Gasteiger charge is -2.30. The second-order valence-electron chi connectivity index (χ2n) is 4.95. The first-order valence-corrected chi connectivity index (χ1v) is 5.62. The Morgan fingerprint density at radius 3 is 2.46 bits per heavy atom. The summed E-state index contributed by atoms with van der Waals surface area (Å²) in [6, 6.07) is 1.16. The van der Waals surface area contributed by atoms with Crippen molar-refractivity contribution >= 4 is 0 Å². The van der Waals surface area contributed by atoms with E-state index >= 15 is 0 Å². The Morgan fingerprint density at radius 2 is 2.00 bits per heavy atom. The van der Waals surface area contributed by atoms with E-state index in [-0.39, 0.29) is 6.10 Å². The van der Waals surface area contributed by atoms with Gasteiger partial charge in [-0.15, -0.1) is 0 Å². The minimum Gasteiger partial charge on any atom is -0.391 e. The normalized spacial score (nSPS) is 47.3. The number of aliphatic hydroxyl groups is 1. The minimum atomic E-state index is -0.0484. The third-order valence-corrected chi connectivity index (χ3v) is 3.70. The van der Waals surface area contributed by atoms with E-state index in [0.29, 0.717) is 12.1 Å². The fourth-order valence-electron chi connectivity index (χ4n) is 3.10. The molecule has 1 heterocycles. The van der Waals surface area contributed by atoms with Crippen LogP contribution in [-0.2, 0) is 0 Å². The highest BCUT2D eigenvalue weighted by molar-refractivity contribution is 4.92. The van der Waals surface area contributed by atoms with Crippen molar-refractivity contribution in [2.45, 2.75) is 57.7 Å². The van der Waals surface area contributed by atoms with Crippen LogP contribution >= 0.6 is 0 Å². The van der Waals surface area contributed by atoms with E-state index in [1.54, 1.807) is 0 Å². The molecule has 0 amide bonds. The fourth-order valence-corrected chi connectivity index (χ4v) is 3.10. The predicted molar refractivity (Wildman–Crippen MR) is 53.6 cm³/mol. The van der Waals surface area contributed by atoms with Crippen LogP contribution in [0.25, 0.3) is 0 Å². The number of hydrogen-bond acceptors (Lipinski definition) is 2. The summed E-state index contributed by atoms with van der Waals surface area (Å²) in [4.78, 5) is 2.53. The van der Waals surface area contributed by atoms with Crippen LogP contribution in [0.3, 0.4) is 0 Å². The molecule has 2 heteroatoms. The van der Waals surface area contributed by atoms with Crippen molar-refractivity contribution in [1.82, 2.24) is 4.90 Å². The van der Waals surface area contributed by atoms with Crippen molar-refractivity contribution in [3.8, 4) is 0 Å². The topological polar surface area (TPSA) is 23.5 Å². The average Bonchev–Trinajstić information content (AvgIpc) is 2.58. The lowest BCUT2D eigenvalue weighted by Crippen LogP contribution is -2.42. The second kappa shape index (κ2) is 3.58. The quantitative estimate of drug-likeness (QED) is 0.668. The number of hydrogen-bond donors (Lipinski definition) is 1. The van der Waals surface area contributed by atoms with Gasteiger partial charge in [0.15, 0.2) is 0 Å². The lowest BCUT2D eigenvalue weighted by molar-refractivity contribution is 0.0657. The average molecular weight is 183 g/mol. The van der Waals surface area contributed by atoms with Gasteiger partial charge in [0.1, 0.15) is 0 Å². The van der Waals surface area contributed by atoms with E-state index in [2.05, 4.69) is 18.7 Å². The molecule has 2 nitrogen and oxygen atoms in total. The van der Waals surface area contributed by atoms with Crippen molar-refractivity contribution in [1.29, 1.82) is 0 Å². The summed E-state index contributed by atoms with van der Waals surface area (Å²) < 4.78 is 0. The molecule has 0 spiro atoms. The summed E-state index contributed by atoms with van der Waals surface area (Å²) >= 11 is 0. The third-order valence-electron chi connectivity index (χ3n) is 3.70. The van der Waals surface area contributed by atoms with Gasteiger partial charge in [0.05, 0.1) is 6.10 Å². The molecule has 1 saturated carbocycles. The van der Waals surface area contributed by atoms with Gasteiger partial charge in [-0.25, -0.2) is 0 Å². The molecular weight excluding hydrogens is 162 g/mol. The summed E-state index contributed by atoms with van der Waals surface area (Å²) in [7, 11) is 0. The number of rotatable bonds is 1. The van der Waals surface area contributed by atoms with Gasteiger partial charge >= 0.3 is 0 Å². The Morgan fingerprint density at radius 1 is 1.23 bits per heavy atom. The van der Waals surface area contributed by atoms with Gasteiger partial charge in [-0.3, -0.25) is 4.90 Å². The van der Waals surface area contributed by atoms with Crippen molar-refractivity contribution in [3.05, 3.63) is 0 Å². The number of aliphatic hydroxyl groups excluding tert-OH is 1. The molecule has 1 N–H and O–H groups in total. The van der Waals surface area contributed by atoms with Gasteiger partial charge < -0.3 is 5.11 Å². The molecule has 1 aliphatic carbocycles. The van der Waals surface area contributed by atoms with Crippen molar-refractivity contribution in [2.75, 3.05) is 6.54 Å². The van der Waals surface area contributed by atoms with Gasteiger partial charge in [-0.1, -0.05) is 6.92 Å². The maximum absolute atomic E-state index is 9.81. The summed E-state index contributed by atoms with van der Waals surface area (Å²) in [6.07, 6.45) is 4.69. The number of likely N-dealkylation sites (tertiary alicyclic amines) is 1. The first-order chi connectivity index (χ1) is 6.18. The van der Waals surface area contributed by atoms with Crippen LogP contribution in [0, 0.1) is 5.92 Å². The lowest BCUT2D eigenvalue weighted by atomic mass is 10.1. The van der Waals surface area contributed by atoms with Gasteiger partial charge in [-0.2, -0.15) is 0 Å². The molecule has 1 aliphatic heterocycles. The van der Waals surface area contributed by atoms with E-state index in [4.69, 9.17) is 0 Å². The Bertz CT molecular complexity index is 183. The van der Waals surface area contributed by atoms with Crippen molar-refractivity contribution in [3.63, 3.8) is 0 Å². The standard InChI is InChI=1S/C11H21NO/c1-8-6-9(2)12(7-8)10-4-3-5-11(10)13/h8-11,13H,3-7H2,1-2H3/t8?,9?,10-,11-/m0/s1. The molecule has 2 fully saturated rings. The van der Waals surface area contributed by atoms with Crippen molar-refractivity contribution < 1.29 is 5.11 Å². The Kier molecular flexibility index (Phi) is 2.61. The van der Waals surface area contributed by atoms with E-state index < -0.39 is 0 Å². The zero-order valence-electron chi connectivity index (χ0n) is 8.74. The summed E-state index contributed by atoms with van der Waals surface area (Å²) in [5.41, 5.74) is 0.